The summed E-state index contributed by atoms with van der Waals surface area (Å²) in [5.74, 6) is -0.178. The van der Waals surface area contributed by atoms with E-state index < -0.39 is 6.36 Å². The van der Waals surface area contributed by atoms with E-state index in [-0.39, 0.29) is 18.2 Å². The van der Waals surface area contributed by atoms with Crippen LogP contribution in [0.25, 0.3) is 0 Å². The maximum absolute atomic E-state index is 12.1. The number of ether oxygens (including phenoxy) is 1. The predicted octanol–water partition coefficient (Wildman–Crippen LogP) is 3.19. The zero-order chi connectivity index (χ0) is 14.8. The highest BCUT2D eigenvalue weighted by Crippen LogP contribution is 2.23. The van der Waals surface area contributed by atoms with E-state index in [1.54, 1.807) is 12.1 Å². The van der Waals surface area contributed by atoms with Gasteiger partial charge in [-0.05, 0) is 31.5 Å². The molecule has 0 saturated carbocycles. The molecule has 1 saturated heterocycles. The van der Waals surface area contributed by atoms with E-state index in [0.717, 1.165) is 25.2 Å². The average molecular weight is 325 g/mol. The molecule has 1 N–H and O–H groups in total. The summed E-state index contributed by atoms with van der Waals surface area (Å²) in [5.41, 5.74) is 0.987. The summed E-state index contributed by atoms with van der Waals surface area (Å²) < 4.78 is 40.0. The van der Waals surface area contributed by atoms with Crippen molar-refractivity contribution in [2.24, 2.45) is 0 Å². The van der Waals surface area contributed by atoms with Crippen LogP contribution in [0.5, 0.6) is 5.75 Å². The molecule has 7 heteroatoms. The van der Waals surface area contributed by atoms with Crippen molar-refractivity contribution in [2.45, 2.75) is 38.8 Å². The third kappa shape index (κ3) is 6.11. The van der Waals surface area contributed by atoms with E-state index >= 15 is 0 Å². The Bertz CT molecular complexity index is 429. The van der Waals surface area contributed by atoms with Gasteiger partial charge in [0.05, 0.1) is 0 Å². The van der Waals surface area contributed by atoms with Gasteiger partial charge in [-0.25, -0.2) is 0 Å². The van der Waals surface area contributed by atoms with Crippen LogP contribution < -0.4 is 10.1 Å². The van der Waals surface area contributed by atoms with Crippen molar-refractivity contribution in [3.05, 3.63) is 29.8 Å². The van der Waals surface area contributed by atoms with Crippen LogP contribution in [0.4, 0.5) is 13.2 Å². The van der Waals surface area contributed by atoms with Crippen LogP contribution in [0.1, 0.15) is 19.4 Å². The lowest BCUT2D eigenvalue weighted by Crippen LogP contribution is -2.53. The molecule has 1 aromatic carbocycles. The molecule has 1 aliphatic rings. The van der Waals surface area contributed by atoms with E-state index in [9.17, 15) is 13.2 Å². The van der Waals surface area contributed by atoms with Crippen LogP contribution in [0, 0.1) is 0 Å². The largest absolute Gasteiger partial charge is 0.573 e. The van der Waals surface area contributed by atoms with Crippen LogP contribution in [-0.4, -0.2) is 36.4 Å². The molecule has 0 radical (unpaired) electrons. The monoisotopic (exact) mass is 324 g/mol. The molecule has 2 rings (SSSR count). The second-order valence-corrected chi connectivity index (χ2v) is 5.35. The van der Waals surface area contributed by atoms with Gasteiger partial charge in [-0.2, -0.15) is 0 Å². The molecule has 0 bridgehead atoms. The van der Waals surface area contributed by atoms with Gasteiger partial charge in [0.15, 0.2) is 0 Å². The van der Waals surface area contributed by atoms with Crippen LogP contribution in [0.3, 0.4) is 0 Å². The highest BCUT2D eigenvalue weighted by Gasteiger charge is 2.31. The molecule has 1 fully saturated rings. The topological polar surface area (TPSA) is 24.5 Å². The number of nitrogens with one attached hydrogen (secondary N) is 1. The predicted molar refractivity (Wildman–Crippen MR) is 77.7 cm³/mol. The van der Waals surface area contributed by atoms with Crippen molar-refractivity contribution in [1.29, 1.82) is 0 Å². The number of piperazine rings is 1. The average Bonchev–Trinajstić information content (AvgIpc) is 2.28. The lowest BCUT2D eigenvalue weighted by molar-refractivity contribution is -0.274. The first-order chi connectivity index (χ1) is 9.32. The van der Waals surface area contributed by atoms with Gasteiger partial charge in [-0.3, -0.25) is 4.90 Å². The van der Waals surface area contributed by atoms with Crippen molar-refractivity contribution >= 4 is 12.4 Å². The number of hydrogen-bond acceptors (Lipinski definition) is 3. The smallest absolute Gasteiger partial charge is 0.406 e. The SMILES string of the molecule is C[C@@H]1CN(Cc2ccc(OC(F)(F)F)cc2)C[C@H](C)N1.Cl. The highest BCUT2D eigenvalue weighted by atomic mass is 35.5. The number of rotatable bonds is 3. The lowest BCUT2D eigenvalue weighted by Gasteiger charge is -2.36. The van der Waals surface area contributed by atoms with Crippen LogP contribution in [0.15, 0.2) is 24.3 Å². The molecule has 2 atom stereocenters. The van der Waals surface area contributed by atoms with Gasteiger partial charge in [0.1, 0.15) is 5.75 Å². The van der Waals surface area contributed by atoms with Crippen molar-refractivity contribution in [3.8, 4) is 5.75 Å². The summed E-state index contributed by atoms with van der Waals surface area (Å²) >= 11 is 0. The Hall–Kier alpha value is -0.980. The molecule has 1 aliphatic heterocycles. The fourth-order valence-corrected chi connectivity index (χ4v) is 2.62. The van der Waals surface area contributed by atoms with Gasteiger partial charge in [0, 0.05) is 31.7 Å². The van der Waals surface area contributed by atoms with E-state index in [4.69, 9.17) is 0 Å². The molecule has 0 aromatic heterocycles. The highest BCUT2D eigenvalue weighted by molar-refractivity contribution is 5.85. The fraction of sp³-hybridized carbons (Fsp3) is 0.571. The van der Waals surface area contributed by atoms with Crippen LogP contribution in [0.2, 0.25) is 0 Å². The van der Waals surface area contributed by atoms with Gasteiger partial charge in [-0.1, -0.05) is 12.1 Å². The molecule has 21 heavy (non-hydrogen) atoms. The summed E-state index contributed by atoms with van der Waals surface area (Å²) in [5, 5.41) is 3.44. The third-order valence-electron chi connectivity index (χ3n) is 3.20. The first-order valence-electron chi connectivity index (χ1n) is 6.65. The molecule has 1 aromatic rings. The van der Waals surface area contributed by atoms with Gasteiger partial charge in [0.25, 0.3) is 0 Å². The minimum absolute atomic E-state index is 0. The summed E-state index contributed by atoms with van der Waals surface area (Å²) in [6, 6.07) is 6.92. The molecule has 0 unspecified atom stereocenters. The summed E-state index contributed by atoms with van der Waals surface area (Å²) in [7, 11) is 0. The number of halogens is 4. The number of alkyl halides is 3. The van der Waals surface area contributed by atoms with Gasteiger partial charge < -0.3 is 10.1 Å². The Kier molecular flexibility index (Phi) is 6.31. The van der Waals surface area contributed by atoms with Crippen LogP contribution >= 0.6 is 12.4 Å². The Labute approximate surface area is 128 Å². The van der Waals surface area contributed by atoms with Crippen molar-refractivity contribution in [2.75, 3.05) is 13.1 Å². The molecule has 3 nitrogen and oxygen atoms in total. The number of hydrogen-bond donors (Lipinski definition) is 1. The molecule has 0 amide bonds. The second kappa shape index (κ2) is 7.33. The first-order valence-corrected chi connectivity index (χ1v) is 6.65. The minimum atomic E-state index is -4.63. The maximum Gasteiger partial charge on any atom is 0.573 e. The minimum Gasteiger partial charge on any atom is -0.406 e. The molecular formula is C14H20ClF3N2O. The fourth-order valence-electron chi connectivity index (χ4n) is 2.62. The molecular weight excluding hydrogens is 305 g/mol. The molecule has 120 valence electrons. The molecule has 0 aliphatic carbocycles. The molecule has 1 heterocycles. The third-order valence-corrected chi connectivity index (χ3v) is 3.20. The van der Waals surface area contributed by atoms with E-state index in [1.807, 2.05) is 0 Å². The van der Waals surface area contributed by atoms with Crippen molar-refractivity contribution < 1.29 is 17.9 Å². The van der Waals surface area contributed by atoms with E-state index in [0.29, 0.717) is 12.1 Å². The summed E-state index contributed by atoms with van der Waals surface area (Å²) in [4.78, 5) is 2.30. The maximum atomic E-state index is 12.1. The Balaban J connectivity index is 0.00000220. The Morgan fingerprint density at radius 2 is 1.67 bits per heavy atom. The summed E-state index contributed by atoms with van der Waals surface area (Å²) in [6.07, 6.45) is -4.63. The second-order valence-electron chi connectivity index (χ2n) is 5.35. The standard InChI is InChI=1S/C14H19F3N2O.ClH/c1-10-7-19(8-11(2)18-10)9-12-3-5-13(6-4-12)20-14(15,16)17;/h3-6,10-11,18H,7-9H2,1-2H3;1H/t10-,11+;. The lowest BCUT2D eigenvalue weighted by atomic mass is 10.1. The number of nitrogens with zero attached hydrogens (tertiary/aromatic N) is 1. The Morgan fingerprint density at radius 1 is 1.14 bits per heavy atom. The van der Waals surface area contributed by atoms with Gasteiger partial charge in [-0.15, -0.1) is 25.6 Å². The zero-order valence-corrected chi connectivity index (χ0v) is 12.8. The van der Waals surface area contributed by atoms with E-state index in [2.05, 4.69) is 28.8 Å². The van der Waals surface area contributed by atoms with Crippen molar-refractivity contribution in [3.63, 3.8) is 0 Å². The zero-order valence-electron chi connectivity index (χ0n) is 12.0. The first kappa shape index (κ1) is 18.1. The molecule has 0 spiro atoms. The van der Waals surface area contributed by atoms with Crippen molar-refractivity contribution in [1.82, 2.24) is 10.2 Å². The number of benzene rings is 1. The normalized spacial score (nSPS) is 23.5. The summed E-state index contributed by atoms with van der Waals surface area (Å²) in [6.45, 7) is 6.87. The van der Waals surface area contributed by atoms with Gasteiger partial charge in [0.2, 0.25) is 0 Å². The van der Waals surface area contributed by atoms with Gasteiger partial charge >= 0.3 is 6.36 Å². The quantitative estimate of drug-likeness (QED) is 0.924. The van der Waals surface area contributed by atoms with E-state index in [1.165, 1.54) is 12.1 Å². The van der Waals surface area contributed by atoms with Crippen LogP contribution in [-0.2, 0) is 6.54 Å². The Morgan fingerprint density at radius 3 is 2.14 bits per heavy atom.